The van der Waals surface area contributed by atoms with Crippen LogP contribution in [0.2, 0.25) is 0 Å². The summed E-state index contributed by atoms with van der Waals surface area (Å²) in [5.74, 6) is 0.583. The van der Waals surface area contributed by atoms with Gasteiger partial charge >= 0.3 is 6.09 Å². The Morgan fingerprint density at radius 3 is 2.16 bits per heavy atom. The second-order valence-corrected chi connectivity index (χ2v) is 11.9. The molecule has 2 aliphatic rings. The van der Waals surface area contributed by atoms with Gasteiger partial charge in [0.2, 0.25) is 0 Å². The van der Waals surface area contributed by atoms with E-state index in [1.807, 2.05) is 46.4 Å². The van der Waals surface area contributed by atoms with Crippen LogP contribution in [0, 0.1) is 11.3 Å². The molecule has 0 aromatic rings. The Bertz CT molecular complexity index is 468. The molecule has 2 atom stereocenters. The molecular formula is C19H36N2O3S. The maximum atomic E-state index is 12.3. The Balaban J connectivity index is 1.76. The molecule has 1 N–H and O–H groups in total. The monoisotopic (exact) mass is 372 g/mol. The minimum Gasteiger partial charge on any atom is -0.598 e. The third-order valence-corrected chi connectivity index (χ3v) is 7.12. The standard InChI is InChI=1S/C19H36N2O3S/c1-14(20-25(23)18(5,6)7)15-12-19(13-15)8-10-21(11-9-19)16(22)24-17(2,3)4/h14-15,20H,8-13H2,1-7H3/t14?,25-/m1/s1. The summed E-state index contributed by atoms with van der Waals surface area (Å²) in [4.78, 5) is 14.0. The van der Waals surface area contributed by atoms with Gasteiger partial charge in [-0.3, -0.25) is 0 Å². The van der Waals surface area contributed by atoms with E-state index in [9.17, 15) is 9.35 Å². The fourth-order valence-electron chi connectivity index (χ4n) is 3.75. The Morgan fingerprint density at radius 2 is 1.72 bits per heavy atom. The van der Waals surface area contributed by atoms with Crippen molar-refractivity contribution >= 4 is 17.5 Å². The zero-order chi connectivity index (χ0) is 19.0. The lowest BCUT2D eigenvalue weighted by Crippen LogP contribution is -2.55. The Labute approximate surface area is 156 Å². The number of piperidine rings is 1. The topological polar surface area (TPSA) is 64.6 Å². The molecule has 6 heteroatoms. The summed E-state index contributed by atoms with van der Waals surface area (Å²) >= 11 is -1.01. The predicted molar refractivity (Wildman–Crippen MR) is 103 cm³/mol. The van der Waals surface area contributed by atoms with Crippen LogP contribution in [0.15, 0.2) is 0 Å². The number of nitrogens with one attached hydrogen (secondary N) is 1. The smallest absolute Gasteiger partial charge is 0.410 e. The largest absolute Gasteiger partial charge is 0.598 e. The van der Waals surface area contributed by atoms with Gasteiger partial charge in [-0.2, -0.15) is 0 Å². The highest BCUT2D eigenvalue weighted by Gasteiger charge is 2.49. The molecular weight excluding hydrogens is 336 g/mol. The molecule has 1 saturated heterocycles. The predicted octanol–water partition coefficient (Wildman–Crippen LogP) is 3.85. The molecule has 1 spiro atoms. The van der Waals surface area contributed by atoms with Crippen molar-refractivity contribution in [3.05, 3.63) is 0 Å². The zero-order valence-electron chi connectivity index (χ0n) is 17.0. The lowest BCUT2D eigenvalue weighted by atomic mass is 9.56. The van der Waals surface area contributed by atoms with Crippen LogP contribution in [-0.2, 0) is 16.1 Å². The zero-order valence-corrected chi connectivity index (χ0v) is 17.8. The third-order valence-electron chi connectivity index (χ3n) is 5.42. The van der Waals surface area contributed by atoms with E-state index < -0.39 is 17.0 Å². The van der Waals surface area contributed by atoms with Gasteiger partial charge in [-0.25, -0.2) is 4.79 Å². The molecule has 1 amide bonds. The van der Waals surface area contributed by atoms with Gasteiger partial charge in [0.05, 0.1) is 6.04 Å². The number of likely N-dealkylation sites (tertiary alicyclic amines) is 1. The van der Waals surface area contributed by atoms with E-state index in [4.69, 9.17) is 4.74 Å². The van der Waals surface area contributed by atoms with Crippen LogP contribution in [0.5, 0.6) is 0 Å². The molecule has 2 fully saturated rings. The molecule has 1 aliphatic carbocycles. The third kappa shape index (κ3) is 5.51. The average Bonchev–Trinajstić information content (AvgIpc) is 2.41. The van der Waals surface area contributed by atoms with Crippen LogP contribution in [0.25, 0.3) is 0 Å². The Kier molecular flexibility index (Phi) is 6.07. The molecule has 1 saturated carbocycles. The highest BCUT2D eigenvalue weighted by molar-refractivity contribution is 7.90. The van der Waals surface area contributed by atoms with Crippen molar-refractivity contribution < 1.29 is 14.1 Å². The van der Waals surface area contributed by atoms with Crippen LogP contribution < -0.4 is 4.72 Å². The minimum atomic E-state index is -1.01. The summed E-state index contributed by atoms with van der Waals surface area (Å²) in [6.45, 7) is 15.4. The normalized spacial score (nSPS) is 23.9. The Hall–Kier alpha value is -0.460. The first-order chi connectivity index (χ1) is 11.3. The fraction of sp³-hybridized carbons (Fsp3) is 0.947. The van der Waals surface area contributed by atoms with Gasteiger partial charge in [-0.15, -0.1) is 4.72 Å². The molecule has 2 rings (SSSR count). The van der Waals surface area contributed by atoms with Gasteiger partial charge in [0.1, 0.15) is 10.3 Å². The van der Waals surface area contributed by atoms with Gasteiger partial charge in [0, 0.05) is 24.5 Å². The number of amides is 1. The molecule has 146 valence electrons. The SMILES string of the molecule is CC(N[S@+]([O-])C(C)(C)C)C1CC2(CCN(C(=O)OC(C)(C)C)CC2)C1. The molecule has 1 heterocycles. The highest BCUT2D eigenvalue weighted by atomic mass is 32.2. The molecule has 0 radical (unpaired) electrons. The lowest BCUT2D eigenvalue weighted by molar-refractivity contribution is -0.0333. The van der Waals surface area contributed by atoms with Gasteiger partial charge in [0.25, 0.3) is 0 Å². The van der Waals surface area contributed by atoms with E-state index >= 15 is 0 Å². The van der Waals surface area contributed by atoms with Gasteiger partial charge in [0.15, 0.2) is 0 Å². The number of carbonyl (C=O) groups is 1. The lowest BCUT2D eigenvalue weighted by Gasteiger charge is -2.53. The first-order valence-electron chi connectivity index (χ1n) is 9.47. The van der Waals surface area contributed by atoms with Gasteiger partial charge in [-0.1, -0.05) is 0 Å². The summed E-state index contributed by atoms with van der Waals surface area (Å²) in [5.41, 5.74) is -0.0556. The van der Waals surface area contributed by atoms with E-state index in [0.717, 1.165) is 25.9 Å². The summed E-state index contributed by atoms with van der Waals surface area (Å²) in [7, 11) is 0. The van der Waals surface area contributed by atoms with Crippen molar-refractivity contribution in [2.45, 2.75) is 90.5 Å². The molecule has 0 aromatic heterocycles. The van der Waals surface area contributed by atoms with Crippen LogP contribution >= 0.6 is 0 Å². The minimum absolute atomic E-state index is 0.186. The van der Waals surface area contributed by atoms with Crippen molar-refractivity contribution in [1.29, 1.82) is 0 Å². The quantitative estimate of drug-likeness (QED) is 0.764. The van der Waals surface area contributed by atoms with E-state index in [1.54, 1.807) is 0 Å². The number of carbonyl (C=O) groups excluding carboxylic acids is 1. The first-order valence-corrected chi connectivity index (χ1v) is 10.6. The first kappa shape index (κ1) is 20.8. The maximum absolute atomic E-state index is 12.3. The van der Waals surface area contributed by atoms with Crippen LogP contribution in [-0.4, -0.2) is 45.0 Å². The molecule has 5 nitrogen and oxygen atoms in total. The number of hydrogen-bond donors (Lipinski definition) is 1. The second-order valence-electron chi connectivity index (χ2n) is 9.92. The number of rotatable bonds is 3. The van der Waals surface area contributed by atoms with Crippen molar-refractivity contribution in [2.75, 3.05) is 13.1 Å². The van der Waals surface area contributed by atoms with Crippen molar-refractivity contribution in [2.24, 2.45) is 11.3 Å². The molecule has 1 aliphatic heterocycles. The fourth-order valence-corrected chi connectivity index (χ4v) is 4.63. The van der Waals surface area contributed by atoms with Crippen LogP contribution in [0.3, 0.4) is 0 Å². The van der Waals surface area contributed by atoms with Crippen molar-refractivity contribution in [3.8, 4) is 0 Å². The van der Waals surface area contributed by atoms with Crippen molar-refractivity contribution in [1.82, 2.24) is 9.62 Å². The molecule has 0 aromatic carbocycles. The molecule has 0 bridgehead atoms. The van der Waals surface area contributed by atoms with Crippen molar-refractivity contribution in [3.63, 3.8) is 0 Å². The molecule has 1 unspecified atom stereocenters. The van der Waals surface area contributed by atoms with E-state index in [1.165, 1.54) is 12.8 Å². The van der Waals surface area contributed by atoms with Gasteiger partial charge < -0.3 is 14.2 Å². The second kappa shape index (κ2) is 7.28. The number of hydrogen-bond acceptors (Lipinski definition) is 4. The van der Waals surface area contributed by atoms with Crippen LogP contribution in [0.1, 0.15) is 74.1 Å². The summed E-state index contributed by atoms with van der Waals surface area (Å²) in [5, 5.41) is 0. The van der Waals surface area contributed by atoms with Gasteiger partial charge in [-0.05, 0) is 85.5 Å². The summed E-state index contributed by atoms with van der Waals surface area (Å²) in [6, 6.07) is 0.273. The summed E-state index contributed by atoms with van der Waals surface area (Å²) in [6.07, 6.45) is 4.26. The Morgan fingerprint density at radius 1 is 1.20 bits per heavy atom. The van der Waals surface area contributed by atoms with E-state index in [2.05, 4.69) is 11.6 Å². The average molecular weight is 373 g/mol. The van der Waals surface area contributed by atoms with Crippen LogP contribution in [0.4, 0.5) is 4.79 Å². The summed E-state index contributed by atoms with van der Waals surface area (Å²) < 4.78 is 20.8. The highest BCUT2D eigenvalue weighted by Crippen LogP contribution is 2.53. The molecule has 25 heavy (non-hydrogen) atoms. The van der Waals surface area contributed by atoms with E-state index in [0.29, 0.717) is 11.3 Å². The number of ether oxygens (including phenoxy) is 1. The maximum Gasteiger partial charge on any atom is 0.410 e. The number of nitrogens with zero attached hydrogens (tertiary/aromatic N) is 1. The van der Waals surface area contributed by atoms with E-state index in [-0.39, 0.29) is 16.9 Å².